The summed E-state index contributed by atoms with van der Waals surface area (Å²) in [5.74, 6) is 0.0862. The molecule has 0 amide bonds. The molecule has 3 rings (SSSR count). The molecule has 0 unspecified atom stereocenters. The zero-order valence-corrected chi connectivity index (χ0v) is 17.3. The lowest BCUT2D eigenvalue weighted by molar-refractivity contribution is 0.401. The van der Waals surface area contributed by atoms with Crippen molar-refractivity contribution in [3.05, 3.63) is 53.1 Å². The summed E-state index contributed by atoms with van der Waals surface area (Å²) >= 11 is 0. The Morgan fingerprint density at radius 3 is 2.41 bits per heavy atom. The first kappa shape index (κ1) is 21.6. The van der Waals surface area contributed by atoms with Crippen molar-refractivity contribution in [2.45, 2.75) is 29.4 Å². The van der Waals surface area contributed by atoms with Gasteiger partial charge in [-0.2, -0.15) is 0 Å². The zero-order chi connectivity index (χ0) is 18.9. The van der Waals surface area contributed by atoms with Gasteiger partial charge in [0.1, 0.15) is 10.6 Å². The van der Waals surface area contributed by atoms with E-state index in [4.69, 9.17) is 4.74 Å². The molecule has 0 radical (unpaired) electrons. The second kappa shape index (κ2) is 8.15. The Labute approximate surface area is 165 Å². The third kappa shape index (κ3) is 4.80. The maximum absolute atomic E-state index is 12.7. The molecule has 0 atom stereocenters. The highest BCUT2D eigenvalue weighted by Gasteiger charge is 2.22. The maximum atomic E-state index is 12.7. The molecule has 2 aromatic carbocycles. The lowest BCUT2D eigenvalue weighted by atomic mass is 10.1. The van der Waals surface area contributed by atoms with Gasteiger partial charge in [-0.15, -0.1) is 12.4 Å². The minimum atomic E-state index is -3.95. The van der Waals surface area contributed by atoms with Crippen molar-refractivity contribution in [1.82, 2.24) is 10.0 Å². The van der Waals surface area contributed by atoms with Gasteiger partial charge >= 0.3 is 0 Å². The van der Waals surface area contributed by atoms with Crippen LogP contribution in [0.3, 0.4) is 0 Å². The van der Waals surface area contributed by atoms with E-state index in [2.05, 4.69) is 10.0 Å². The third-order valence-electron chi connectivity index (χ3n) is 4.22. The van der Waals surface area contributed by atoms with Gasteiger partial charge in [0.25, 0.3) is 0 Å². The Hall–Kier alpha value is -1.65. The summed E-state index contributed by atoms with van der Waals surface area (Å²) in [6.07, 6.45) is 1.03. The summed E-state index contributed by atoms with van der Waals surface area (Å²) in [6.45, 7) is 1.68. The van der Waals surface area contributed by atoms with Gasteiger partial charge < -0.3 is 10.1 Å². The molecule has 0 saturated heterocycles. The van der Waals surface area contributed by atoms with E-state index in [1.807, 2.05) is 18.2 Å². The van der Waals surface area contributed by atoms with Gasteiger partial charge in [0.15, 0.2) is 9.84 Å². The van der Waals surface area contributed by atoms with Crippen molar-refractivity contribution in [1.29, 1.82) is 0 Å². The van der Waals surface area contributed by atoms with Crippen LogP contribution >= 0.6 is 12.4 Å². The summed E-state index contributed by atoms with van der Waals surface area (Å²) in [4.78, 5) is -0.284. The van der Waals surface area contributed by atoms with Crippen LogP contribution in [0.2, 0.25) is 0 Å². The fraction of sp³-hybridized carbons (Fsp3) is 0.294. The van der Waals surface area contributed by atoms with Crippen LogP contribution in [0.5, 0.6) is 5.75 Å². The molecule has 0 fully saturated rings. The number of halogens is 1. The van der Waals surface area contributed by atoms with Gasteiger partial charge in [-0.1, -0.05) is 18.2 Å². The van der Waals surface area contributed by atoms with Crippen LogP contribution in [0.25, 0.3) is 0 Å². The molecule has 1 heterocycles. The third-order valence-corrected chi connectivity index (χ3v) is 6.75. The first-order valence-electron chi connectivity index (χ1n) is 7.90. The van der Waals surface area contributed by atoms with E-state index in [0.29, 0.717) is 0 Å². The Bertz CT molecular complexity index is 1050. The van der Waals surface area contributed by atoms with E-state index < -0.39 is 19.9 Å². The molecule has 7 nitrogen and oxygen atoms in total. The number of benzene rings is 2. The number of sulfone groups is 1. The highest BCUT2D eigenvalue weighted by molar-refractivity contribution is 7.91. The van der Waals surface area contributed by atoms with Crippen molar-refractivity contribution < 1.29 is 21.6 Å². The average molecular weight is 433 g/mol. The highest BCUT2D eigenvalue weighted by Crippen LogP contribution is 2.27. The van der Waals surface area contributed by atoms with Crippen LogP contribution in [0.1, 0.15) is 16.7 Å². The smallest absolute Gasteiger partial charge is 0.244 e. The van der Waals surface area contributed by atoms with Crippen LogP contribution in [-0.4, -0.2) is 30.2 Å². The first-order chi connectivity index (χ1) is 12.2. The van der Waals surface area contributed by atoms with Gasteiger partial charge in [0.2, 0.25) is 10.0 Å². The maximum Gasteiger partial charge on any atom is 0.244 e. The summed E-state index contributed by atoms with van der Waals surface area (Å²) < 4.78 is 56.5. The van der Waals surface area contributed by atoms with Gasteiger partial charge in [-0.3, -0.25) is 0 Å². The van der Waals surface area contributed by atoms with Crippen molar-refractivity contribution in [2.24, 2.45) is 0 Å². The van der Waals surface area contributed by atoms with E-state index in [9.17, 15) is 16.8 Å². The van der Waals surface area contributed by atoms with Crippen molar-refractivity contribution in [3.63, 3.8) is 0 Å². The van der Waals surface area contributed by atoms with Crippen LogP contribution in [0.4, 0.5) is 0 Å². The van der Waals surface area contributed by atoms with Crippen LogP contribution in [0, 0.1) is 0 Å². The Balaban J connectivity index is 0.00000261. The molecule has 1 aliphatic rings. The number of hydrogen-bond acceptors (Lipinski definition) is 6. The van der Waals surface area contributed by atoms with Gasteiger partial charge in [0.05, 0.1) is 12.0 Å². The monoisotopic (exact) mass is 432 g/mol. The van der Waals surface area contributed by atoms with E-state index in [-0.39, 0.29) is 34.5 Å². The zero-order valence-electron chi connectivity index (χ0n) is 14.9. The molecule has 10 heteroatoms. The first-order valence-corrected chi connectivity index (χ1v) is 11.3. The Morgan fingerprint density at radius 2 is 1.74 bits per heavy atom. The summed E-state index contributed by atoms with van der Waals surface area (Å²) in [5.41, 5.74) is 3.19. The van der Waals surface area contributed by atoms with E-state index >= 15 is 0 Å². The van der Waals surface area contributed by atoms with Crippen LogP contribution < -0.4 is 14.8 Å². The lowest BCUT2D eigenvalue weighted by Gasteiger charge is -2.12. The number of ether oxygens (including phenoxy) is 1. The normalized spacial score (nSPS) is 13.7. The van der Waals surface area contributed by atoms with Gasteiger partial charge in [0, 0.05) is 25.9 Å². The highest BCUT2D eigenvalue weighted by atomic mass is 35.5. The summed E-state index contributed by atoms with van der Waals surface area (Å²) in [5, 5.41) is 3.24. The molecular weight excluding hydrogens is 412 g/mol. The average Bonchev–Trinajstić information content (AvgIpc) is 3.06. The number of methoxy groups -OCH3 is 1. The second-order valence-electron chi connectivity index (χ2n) is 6.12. The van der Waals surface area contributed by atoms with Crippen molar-refractivity contribution in [2.75, 3.05) is 13.4 Å². The molecule has 0 saturated carbocycles. The van der Waals surface area contributed by atoms with E-state index in [0.717, 1.165) is 36.5 Å². The van der Waals surface area contributed by atoms with Crippen LogP contribution in [-0.2, 0) is 39.5 Å². The molecule has 0 spiro atoms. The minimum Gasteiger partial charge on any atom is -0.495 e. The second-order valence-corrected chi connectivity index (χ2v) is 9.87. The lowest BCUT2D eigenvalue weighted by Crippen LogP contribution is -2.24. The number of fused-ring (bicyclic) bond motifs is 1. The molecule has 0 bridgehead atoms. The topological polar surface area (TPSA) is 102 Å². The predicted octanol–water partition coefficient (Wildman–Crippen LogP) is 1.60. The molecule has 2 N–H and O–H groups in total. The molecule has 27 heavy (non-hydrogen) atoms. The van der Waals surface area contributed by atoms with Crippen LogP contribution in [0.15, 0.2) is 46.2 Å². The predicted molar refractivity (Wildman–Crippen MR) is 104 cm³/mol. The number of rotatable bonds is 6. The Morgan fingerprint density at radius 1 is 1.04 bits per heavy atom. The summed E-state index contributed by atoms with van der Waals surface area (Å²) in [7, 11) is -6.16. The summed E-state index contributed by atoms with van der Waals surface area (Å²) in [6, 6.07) is 9.58. The Kier molecular flexibility index (Phi) is 6.54. The van der Waals surface area contributed by atoms with Gasteiger partial charge in [-0.25, -0.2) is 21.6 Å². The molecule has 0 aromatic heterocycles. The SMILES string of the molecule is COc1ccc(S(C)(=O)=O)cc1S(=O)(=O)NCc1ccc2c(c1)CNC2.Cl. The molecule has 0 aliphatic carbocycles. The number of nitrogens with one attached hydrogen (secondary N) is 2. The van der Waals surface area contributed by atoms with E-state index in [1.165, 1.54) is 24.8 Å². The number of sulfonamides is 1. The minimum absolute atomic E-state index is 0. The molecule has 1 aliphatic heterocycles. The standard InChI is InChI=1S/C17H20N2O5S2.ClH/c1-24-16-6-5-15(25(2,20)21)8-17(16)26(22,23)19-9-12-3-4-13-10-18-11-14(13)7-12;/h3-8,18-19H,9-11H2,1-2H3;1H. The molecule has 148 valence electrons. The number of hydrogen-bond donors (Lipinski definition) is 2. The quantitative estimate of drug-likeness (QED) is 0.719. The van der Waals surface area contributed by atoms with Crippen molar-refractivity contribution in [3.8, 4) is 5.75 Å². The molecule has 2 aromatic rings. The molecular formula is C17H21ClN2O5S2. The largest absolute Gasteiger partial charge is 0.495 e. The fourth-order valence-electron chi connectivity index (χ4n) is 2.81. The van der Waals surface area contributed by atoms with Gasteiger partial charge in [-0.05, 0) is 34.9 Å². The van der Waals surface area contributed by atoms with E-state index in [1.54, 1.807) is 0 Å². The fourth-order valence-corrected chi connectivity index (χ4v) is 4.74. The van der Waals surface area contributed by atoms with Crippen molar-refractivity contribution >= 4 is 32.3 Å².